The third-order valence-corrected chi connectivity index (χ3v) is 5.53. The maximum absolute atomic E-state index is 13.0. The summed E-state index contributed by atoms with van der Waals surface area (Å²) in [6.07, 6.45) is 0. The van der Waals surface area contributed by atoms with E-state index in [0.29, 0.717) is 29.6 Å². The van der Waals surface area contributed by atoms with E-state index in [-0.39, 0.29) is 29.4 Å². The van der Waals surface area contributed by atoms with Crippen LogP contribution in [0.1, 0.15) is 41.6 Å². The van der Waals surface area contributed by atoms with Crippen molar-refractivity contribution in [2.45, 2.75) is 38.1 Å². The van der Waals surface area contributed by atoms with Gasteiger partial charge in [-0.2, -0.15) is 0 Å². The van der Waals surface area contributed by atoms with Crippen LogP contribution >= 0.6 is 11.8 Å². The first-order chi connectivity index (χ1) is 15.0. The number of nitrogens with one attached hydrogen (secondary N) is 2. The Morgan fingerprint density at radius 1 is 1.10 bits per heavy atom. The molecule has 0 fully saturated rings. The van der Waals surface area contributed by atoms with Gasteiger partial charge in [0.2, 0.25) is 5.91 Å². The van der Waals surface area contributed by atoms with Crippen LogP contribution in [0.25, 0.3) is 0 Å². The van der Waals surface area contributed by atoms with Gasteiger partial charge in [-0.1, -0.05) is 42.1 Å². The zero-order valence-electron chi connectivity index (χ0n) is 17.3. The molecule has 0 aliphatic heterocycles. The van der Waals surface area contributed by atoms with Crippen LogP contribution in [0, 0.1) is 5.82 Å². The molecular weight excluding hydrogens is 417 g/mol. The molecule has 0 aliphatic rings. The molecule has 0 spiro atoms. The van der Waals surface area contributed by atoms with Gasteiger partial charge >= 0.3 is 0 Å². The minimum absolute atomic E-state index is 0.160. The van der Waals surface area contributed by atoms with Crippen LogP contribution in [0.5, 0.6) is 0 Å². The highest BCUT2D eigenvalue weighted by molar-refractivity contribution is 7.99. The zero-order chi connectivity index (χ0) is 22.2. The van der Waals surface area contributed by atoms with Crippen molar-refractivity contribution in [3.05, 3.63) is 77.4 Å². The van der Waals surface area contributed by atoms with E-state index in [0.717, 1.165) is 5.56 Å². The lowest BCUT2D eigenvalue weighted by Gasteiger charge is -2.15. The van der Waals surface area contributed by atoms with Gasteiger partial charge in [-0.25, -0.2) is 4.39 Å². The number of halogens is 1. The third-order valence-electron chi connectivity index (χ3n) is 4.57. The monoisotopic (exact) mass is 441 g/mol. The molecule has 162 valence electrons. The highest BCUT2D eigenvalue weighted by Gasteiger charge is 2.20. The van der Waals surface area contributed by atoms with Crippen molar-refractivity contribution in [2.24, 2.45) is 0 Å². The topological polar surface area (TPSA) is 88.9 Å². The molecule has 0 saturated heterocycles. The summed E-state index contributed by atoms with van der Waals surface area (Å²) in [5.41, 5.74) is 1.39. The Labute approximate surface area is 184 Å². The number of carbonyl (C=O) groups excluding carboxylic acids is 2. The quantitative estimate of drug-likeness (QED) is 0.497. The second-order valence-corrected chi connectivity index (χ2v) is 7.78. The molecule has 2 aromatic carbocycles. The summed E-state index contributed by atoms with van der Waals surface area (Å²) >= 11 is 1.28. The molecule has 2 N–H and O–H groups in total. The van der Waals surface area contributed by atoms with Gasteiger partial charge in [-0.3, -0.25) is 9.59 Å². The summed E-state index contributed by atoms with van der Waals surface area (Å²) in [5, 5.41) is 14.8. The van der Waals surface area contributed by atoms with E-state index in [2.05, 4.69) is 20.8 Å². The van der Waals surface area contributed by atoms with Gasteiger partial charge in [-0.05, 0) is 43.7 Å². The molecule has 7 nitrogen and oxygen atoms in total. The SMILES string of the molecule is CCn1c(SCC(=O)NCc2ccc(F)cc2)nnc1C(C)NC(=O)c1ccccc1. The highest BCUT2D eigenvalue weighted by Crippen LogP contribution is 2.20. The lowest BCUT2D eigenvalue weighted by Crippen LogP contribution is -2.28. The molecule has 9 heteroatoms. The minimum Gasteiger partial charge on any atom is -0.351 e. The van der Waals surface area contributed by atoms with Crippen LogP contribution < -0.4 is 10.6 Å². The van der Waals surface area contributed by atoms with E-state index in [4.69, 9.17) is 0 Å². The molecular formula is C22H24FN5O2S. The van der Waals surface area contributed by atoms with E-state index in [1.165, 1.54) is 23.9 Å². The summed E-state index contributed by atoms with van der Waals surface area (Å²) in [7, 11) is 0. The second kappa shape index (κ2) is 10.7. The number of thioether (sulfide) groups is 1. The van der Waals surface area contributed by atoms with Crippen LogP contribution in [0.3, 0.4) is 0 Å². The number of amides is 2. The number of carbonyl (C=O) groups is 2. The van der Waals surface area contributed by atoms with E-state index in [1.807, 2.05) is 36.6 Å². The molecule has 1 heterocycles. The molecule has 3 rings (SSSR count). The first-order valence-corrected chi connectivity index (χ1v) is 10.9. The molecule has 2 amide bonds. The number of rotatable bonds is 9. The smallest absolute Gasteiger partial charge is 0.251 e. The largest absolute Gasteiger partial charge is 0.351 e. The van der Waals surface area contributed by atoms with Gasteiger partial charge in [0.05, 0.1) is 11.8 Å². The van der Waals surface area contributed by atoms with E-state index in [9.17, 15) is 14.0 Å². The van der Waals surface area contributed by atoms with E-state index >= 15 is 0 Å². The summed E-state index contributed by atoms with van der Waals surface area (Å²) in [6.45, 7) is 4.74. The van der Waals surface area contributed by atoms with Gasteiger partial charge < -0.3 is 15.2 Å². The molecule has 0 aliphatic carbocycles. The molecule has 0 radical (unpaired) electrons. The second-order valence-electron chi connectivity index (χ2n) is 6.84. The maximum Gasteiger partial charge on any atom is 0.251 e. The molecule has 31 heavy (non-hydrogen) atoms. The summed E-state index contributed by atoms with van der Waals surface area (Å²) < 4.78 is 14.8. The summed E-state index contributed by atoms with van der Waals surface area (Å²) in [6, 6.07) is 14.6. The fraction of sp³-hybridized carbons (Fsp3) is 0.273. The minimum atomic E-state index is -0.346. The van der Waals surface area contributed by atoms with Crippen molar-refractivity contribution in [2.75, 3.05) is 5.75 Å². The normalized spacial score (nSPS) is 11.7. The Balaban J connectivity index is 1.55. The Morgan fingerprint density at radius 2 is 1.81 bits per heavy atom. The van der Waals surface area contributed by atoms with Gasteiger partial charge in [0.25, 0.3) is 5.91 Å². The lowest BCUT2D eigenvalue weighted by molar-refractivity contribution is -0.118. The third kappa shape index (κ3) is 6.14. The molecule has 0 saturated carbocycles. The predicted octanol–water partition coefficient (Wildman–Crippen LogP) is 3.34. The van der Waals surface area contributed by atoms with Crippen molar-refractivity contribution in [1.29, 1.82) is 0 Å². The highest BCUT2D eigenvalue weighted by atomic mass is 32.2. The van der Waals surface area contributed by atoms with Crippen molar-refractivity contribution in [1.82, 2.24) is 25.4 Å². The van der Waals surface area contributed by atoms with Gasteiger partial charge in [-0.15, -0.1) is 10.2 Å². The number of hydrogen-bond donors (Lipinski definition) is 2. The van der Waals surface area contributed by atoms with E-state index < -0.39 is 0 Å². The fourth-order valence-electron chi connectivity index (χ4n) is 2.94. The van der Waals surface area contributed by atoms with Crippen LogP contribution in [-0.4, -0.2) is 32.3 Å². The number of benzene rings is 2. The van der Waals surface area contributed by atoms with Crippen LogP contribution in [0.15, 0.2) is 59.8 Å². The van der Waals surface area contributed by atoms with Crippen LogP contribution in [-0.2, 0) is 17.9 Å². The molecule has 1 atom stereocenters. The van der Waals surface area contributed by atoms with Crippen molar-refractivity contribution in [3.63, 3.8) is 0 Å². The summed E-state index contributed by atoms with van der Waals surface area (Å²) in [5.74, 6) is 0.139. The van der Waals surface area contributed by atoms with Crippen molar-refractivity contribution >= 4 is 23.6 Å². The van der Waals surface area contributed by atoms with Crippen molar-refractivity contribution in [3.8, 4) is 0 Å². The number of hydrogen-bond acceptors (Lipinski definition) is 5. The fourth-order valence-corrected chi connectivity index (χ4v) is 3.78. The number of nitrogens with zero attached hydrogens (tertiary/aromatic N) is 3. The Kier molecular flexibility index (Phi) is 7.77. The van der Waals surface area contributed by atoms with E-state index in [1.54, 1.807) is 24.3 Å². The number of aromatic nitrogens is 3. The Bertz CT molecular complexity index is 1020. The molecule has 3 aromatic rings. The Morgan fingerprint density at radius 3 is 2.48 bits per heavy atom. The molecule has 1 aromatic heterocycles. The average Bonchev–Trinajstić information content (AvgIpc) is 3.21. The average molecular weight is 442 g/mol. The summed E-state index contributed by atoms with van der Waals surface area (Å²) in [4.78, 5) is 24.6. The predicted molar refractivity (Wildman–Crippen MR) is 117 cm³/mol. The molecule has 0 bridgehead atoms. The van der Waals surface area contributed by atoms with Gasteiger partial charge in [0.1, 0.15) is 5.82 Å². The lowest BCUT2D eigenvalue weighted by atomic mass is 10.2. The first-order valence-electron chi connectivity index (χ1n) is 9.91. The Hall–Kier alpha value is -3.20. The van der Waals surface area contributed by atoms with Gasteiger partial charge in [0, 0.05) is 18.7 Å². The van der Waals surface area contributed by atoms with Crippen molar-refractivity contribution < 1.29 is 14.0 Å². The maximum atomic E-state index is 13.0. The zero-order valence-corrected chi connectivity index (χ0v) is 18.2. The van der Waals surface area contributed by atoms with Crippen LogP contribution in [0.4, 0.5) is 4.39 Å². The van der Waals surface area contributed by atoms with Gasteiger partial charge in [0.15, 0.2) is 11.0 Å². The molecule has 1 unspecified atom stereocenters. The first kappa shape index (κ1) is 22.5. The van der Waals surface area contributed by atoms with Crippen LogP contribution in [0.2, 0.25) is 0 Å². The standard InChI is InChI=1S/C22H24FN5O2S/c1-3-28-20(15(2)25-21(30)17-7-5-4-6-8-17)26-27-22(28)31-14-19(29)24-13-16-9-11-18(23)12-10-16/h4-12,15H,3,13-14H2,1-2H3,(H,24,29)(H,25,30).